The van der Waals surface area contributed by atoms with E-state index in [0.29, 0.717) is 0 Å². The topological polar surface area (TPSA) is 47.7 Å². The highest BCUT2D eigenvalue weighted by atomic mass is 19.1. The number of hydrogen-bond donors (Lipinski definition) is 1. The van der Waals surface area contributed by atoms with E-state index < -0.39 is 0 Å². The molecular weight excluding hydrogens is 319 g/mol. The van der Waals surface area contributed by atoms with Gasteiger partial charge >= 0.3 is 0 Å². The van der Waals surface area contributed by atoms with Gasteiger partial charge in [-0.3, -0.25) is 4.90 Å². The molecule has 0 radical (unpaired) electrons. The predicted molar refractivity (Wildman–Crippen MR) is 96.5 cm³/mol. The fourth-order valence-electron chi connectivity index (χ4n) is 3.65. The summed E-state index contributed by atoms with van der Waals surface area (Å²) >= 11 is 0. The van der Waals surface area contributed by atoms with Crippen LogP contribution in [0.3, 0.4) is 0 Å². The molecule has 2 N–H and O–H groups in total. The summed E-state index contributed by atoms with van der Waals surface area (Å²) in [6.07, 6.45) is 0.917. The van der Waals surface area contributed by atoms with Crippen molar-refractivity contribution >= 4 is 0 Å². The third kappa shape index (κ3) is 3.62. The maximum atomic E-state index is 13.2. The molecule has 25 heavy (non-hydrogen) atoms. The monoisotopic (exact) mass is 344 g/mol. The third-order valence-corrected chi connectivity index (χ3v) is 4.82. The molecule has 0 saturated carbocycles. The first-order valence-electron chi connectivity index (χ1n) is 8.52. The average molecular weight is 344 g/mol. The standard InChI is InChI=1S/C20H25FN2O2/c1-13(22)20-17-11-19(25-3)18(24-2)10-15(17)8-9-23(20)12-14-4-6-16(21)7-5-14/h4-7,10-11,13,20H,8-9,12,22H2,1-3H3/t13-,20-/m0/s1. The van der Waals surface area contributed by atoms with Gasteiger partial charge in [0.2, 0.25) is 0 Å². The Bertz CT molecular complexity index is 731. The van der Waals surface area contributed by atoms with Crippen LogP contribution in [-0.4, -0.2) is 31.7 Å². The van der Waals surface area contributed by atoms with Crippen LogP contribution >= 0.6 is 0 Å². The van der Waals surface area contributed by atoms with Crippen LogP contribution in [0.5, 0.6) is 11.5 Å². The van der Waals surface area contributed by atoms with E-state index in [-0.39, 0.29) is 17.9 Å². The number of nitrogens with zero attached hydrogens (tertiary/aromatic N) is 1. The van der Waals surface area contributed by atoms with Crippen molar-refractivity contribution in [3.05, 3.63) is 58.9 Å². The number of methoxy groups -OCH3 is 2. The number of halogens is 1. The van der Waals surface area contributed by atoms with Gasteiger partial charge in [-0.1, -0.05) is 12.1 Å². The minimum atomic E-state index is -0.215. The van der Waals surface area contributed by atoms with Gasteiger partial charge in [0.25, 0.3) is 0 Å². The molecule has 2 atom stereocenters. The lowest BCUT2D eigenvalue weighted by molar-refractivity contribution is 0.155. The van der Waals surface area contributed by atoms with Crippen molar-refractivity contribution < 1.29 is 13.9 Å². The second-order valence-corrected chi connectivity index (χ2v) is 6.56. The van der Waals surface area contributed by atoms with Gasteiger partial charge in [-0.25, -0.2) is 4.39 Å². The zero-order valence-corrected chi connectivity index (χ0v) is 15.0. The normalized spacial score (nSPS) is 18.5. The van der Waals surface area contributed by atoms with Crippen LogP contribution in [-0.2, 0) is 13.0 Å². The lowest BCUT2D eigenvalue weighted by atomic mass is 9.88. The summed E-state index contributed by atoms with van der Waals surface area (Å²) in [5, 5.41) is 0. The molecule has 0 aromatic heterocycles. The summed E-state index contributed by atoms with van der Waals surface area (Å²) in [5.41, 5.74) is 9.85. The van der Waals surface area contributed by atoms with Crippen LogP contribution in [0.2, 0.25) is 0 Å². The maximum Gasteiger partial charge on any atom is 0.161 e. The minimum Gasteiger partial charge on any atom is -0.493 e. The van der Waals surface area contributed by atoms with E-state index in [4.69, 9.17) is 15.2 Å². The van der Waals surface area contributed by atoms with Gasteiger partial charge in [0, 0.05) is 19.1 Å². The fourth-order valence-corrected chi connectivity index (χ4v) is 3.65. The predicted octanol–water partition coefficient (Wildman–Crippen LogP) is 3.29. The van der Waals surface area contributed by atoms with Crippen LogP contribution in [0.1, 0.15) is 29.7 Å². The summed E-state index contributed by atoms with van der Waals surface area (Å²) in [7, 11) is 3.29. The lowest BCUT2D eigenvalue weighted by Gasteiger charge is -2.40. The minimum absolute atomic E-state index is 0.0439. The highest BCUT2D eigenvalue weighted by Crippen LogP contribution is 2.39. The van der Waals surface area contributed by atoms with Crippen LogP contribution < -0.4 is 15.2 Å². The molecule has 0 aliphatic carbocycles. The Balaban J connectivity index is 1.94. The van der Waals surface area contributed by atoms with Crippen molar-refractivity contribution in [3.63, 3.8) is 0 Å². The molecule has 0 bridgehead atoms. The molecule has 2 aromatic carbocycles. The molecular formula is C20H25FN2O2. The zero-order valence-electron chi connectivity index (χ0n) is 15.0. The molecule has 134 valence electrons. The molecule has 1 aliphatic rings. The zero-order chi connectivity index (χ0) is 18.0. The Kier molecular flexibility index (Phi) is 5.25. The van der Waals surface area contributed by atoms with E-state index in [2.05, 4.69) is 11.0 Å². The molecule has 0 spiro atoms. The first-order valence-corrected chi connectivity index (χ1v) is 8.52. The van der Waals surface area contributed by atoms with E-state index in [1.54, 1.807) is 14.2 Å². The van der Waals surface area contributed by atoms with E-state index >= 15 is 0 Å². The smallest absolute Gasteiger partial charge is 0.161 e. The Labute approximate surface area is 148 Å². The van der Waals surface area contributed by atoms with Crippen LogP contribution in [0, 0.1) is 5.82 Å². The molecule has 0 saturated heterocycles. The van der Waals surface area contributed by atoms with E-state index in [9.17, 15) is 4.39 Å². The van der Waals surface area contributed by atoms with E-state index in [1.165, 1.54) is 23.3 Å². The van der Waals surface area contributed by atoms with Crippen molar-refractivity contribution in [1.82, 2.24) is 4.90 Å². The largest absolute Gasteiger partial charge is 0.493 e. The van der Waals surface area contributed by atoms with Crippen LogP contribution in [0.4, 0.5) is 4.39 Å². The van der Waals surface area contributed by atoms with Gasteiger partial charge in [0.1, 0.15) is 5.82 Å². The van der Waals surface area contributed by atoms with E-state index in [1.807, 2.05) is 25.1 Å². The molecule has 0 fully saturated rings. The Morgan fingerprint density at radius 1 is 1.16 bits per heavy atom. The number of benzene rings is 2. The summed E-state index contributed by atoms with van der Waals surface area (Å²) < 4.78 is 24.1. The third-order valence-electron chi connectivity index (χ3n) is 4.82. The molecule has 1 heterocycles. The SMILES string of the molecule is COc1cc2c(cc1OC)[C@H]([C@H](C)N)N(Cc1ccc(F)cc1)CC2. The quantitative estimate of drug-likeness (QED) is 0.904. The lowest BCUT2D eigenvalue weighted by Crippen LogP contribution is -2.43. The molecule has 3 rings (SSSR count). The second kappa shape index (κ2) is 7.42. The van der Waals surface area contributed by atoms with Crippen LogP contribution in [0.15, 0.2) is 36.4 Å². The van der Waals surface area contributed by atoms with E-state index in [0.717, 1.165) is 36.6 Å². The van der Waals surface area contributed by atoms with Crippen molar-refractivity contribution in [2.45, 2.75) is 32.0 Å². The Hall–Kier alpha value is -2.11. The second-order valence-electron chi connectivity index (χ2n) is 6.56. The van der Waals surface area contributed by atoms with Gasteiger partial charge in [0.15, 0.2) is 11.5 Å². The molecule has 2 aromatic rings. The Morgan fingerprint density at radius 3 is 2.40 bits per heavy atom. The summed E-state index contributed by atoms with van der Waals surface area (Å²) in [4.78, 5) is 2.35. The van der Waals surface area contributed by atoms with Gasteiger partial charge in [-0.15, -0.1) is 0 Å². The number of hydrogen-bond acceptors (Lipinski definition) is 4. The Morgan fingerprint density at radius 2 is 1.80 bits per heavy atom. The average Bonchev–Trinajstić information content (AvgIpc) is 2.61. The molecule has 4 nitrogen and oxygen atoms in total. The number of rotatable bonds is 5. The van der Waals surface area contributed by atoms with Gasteiger partial charge < -0.3 is 15.2 Å². The summed E-state index contributed by atoms with van der Waals surface area (Å²) in [6.45, 7) is 3.65. The highest BCUT2D eigenvalue weighted by Gasteiger charge is 2.31. The fraction of sp³-hybridized carbons (Fsp3) is 0.400. The summed E-state index contributed by atoms with van der Waals surface area (Å²) in [5.74, 6) is 1.25. The number of nitrogens with two attached hydrogens (primary N) is 1. The van der Waals surface area contributed by atoms with Crippen molar-refractivity contribution in [3.8, 4) is 11.5 Å². The molecule has 5 heteroatoms. The number of fused-ring (bicyclic) bond motifs is 1. The first-order chi connectivity index (χ1) is 12.0. The van der Waals surface area contributed by atoms with Crippen molar-refractivity contribution in [2.24, 2.45) is 5.73 Å². The summed E-state index contributed by atoms with van der Waals surface area (Å²) in [6, 6.07) is 10.8. The van der Waals surface area contributed by atoms with Gasteiger partial charge in [-0.2, -0.15) is 0 Å². The van der Waals surface area contributed by atoms with Crippen molar-refractivity contribution in [1.29, 1.82) is 0 Å². The van der Waals surface area contributed by atoms with Crippen LogP contribution in [0.25, 0.3) is 0 Å². The number of ether oxygens (including phenoxy) is 2. The van der Waals surface area contributed by atoms with Crippen molar-refractivity contribution in [2.75, 3.05) is 20.8 Å². The highest BCUT2D eigenvalue weighted by molar-refractivity contribution is 5.49. The van der Waals surface area contributed by atoms with Gasteiger partial charge in [-0.05, 0) is 54.3 Å². The first kappa shape index (κ1) is 17.7. The van der Waals surface area contributed by atoms with Gasteiger partial charge in [0.05, 0.1) is 20.3 Å². The molecule has 1 aliphatic heterocycles. The maximum absolute atomic E-state index is 13.2. The molecule has 0 unspecified atom stereocenters. The molecule has 0 amide bonds.